The lowest BCUT2D eigenvalue weighted by atomic mass is 10.1. The number of aromatic nitrogens is 2. The van der Waals surface area contributed by atoms with E-state index >= 15 is 0 Å². The number of rotatable bonds is 5. The largest absolute Gasteiger partial charge is 0.378 e. The molecule has 148 valence electrons. The van der Waals surface area contributed by atoms with E-state index in [4.69, 9.17) is 4.74 Å². The number of aryl methyl sites for hydroxylation is 1. The van der Waals surface area contributed by atoms with E-state index < -0.39 is 0 Å². The standard InChI is InChI=1S/C23H23N3O2S/c1-17-2-6-19(7-3-17)21-10-11-22(25-24-21)29-16-18-4-8-20(9-5-18)23(27)26-12-14-28-15-13-26/h2-11H,12-16H2,1H3. The van der Waals surface area contributed by atoms with Gasteiger partial charge in [-0.2, -0.15) is 0 Å². The van der Waals surface area contributed by atoms with Crippen LogP contribution in [0.4, 0.5) is 0 Å². The second-order valence-electron chi connectivity index (χ2n) is 7.01. The Morgan fingerprint density at radius 1 is 0.966 bits per heavy atom. The summed E-state index contributed by atoms with van der Waals surface area (Å²) < 4.78 is 5.31. The lowest BCUT2D eigenvalue weighted by Gasteiger charge is -2.26. The van der Waals surface area contributed by atoms with Crippen molar-refractivity contribution in [3.63, 3.8) is 0 Å². The van der Waals surface area contributed by atoms with Crippen LogP contribution in [0, 0.1) is 6.92 Å². The SMILES string of the molecule is Cc1ccc(-c2ccc(SCc3ccc(C(=O)N4CCOCC4)cc3)nn2)cc1. The summed E-state index contributed by atoms with van der Waals surface area (Å²) in [6.45, 7) is 4.62. The molecule has 0 N–H and O–H groups in total. The number of hydrogen-bond donors (Lipinski definition) is 0. The monoisotopic (exact) mass is 405 g/mol. The van der Waals surface area contributed by atoms with Crippen molar-refractivity contribution >= 4 is 17.7 Å². The third-order valence-electron chi connectivity index (χ3n) is 4.87. The molecule has 1 aromatic heterocycles. The molecule has 29 heavy (non-hydrogen) atoms. The van der Waals surface area contributed by atoms with Gasteiger partial charge >= 0.3 is 0 Å². The summed E-state index contributed by atoms with van der Waals surface area (Å²) in [6, 6.07) is 20.1. The highest BCUT2D eigenvalue weighted by Gasteiger charge is 2.18. The summed E-state index contributed by atoms with van der Waals surface area (Å²) in [5.74, 6) is 0.856. The zero-order chi connectivity index (χ0) is 20.1. The van der Waals surface area contributed by atoms with E-state index in [0.717, 1.165) is 33.2 Å². The van der Waals surface area contributed by atoms with Crippen molar-refractivity contribution in [2.75, 3.05) is 26.3 Å². The molecule has 3 aromatic rings. The van der Waals surface area contributed by atoms with Crippen LogP contribution in [0.1, 0.15) is 21.5 Å². The third kappa shape index (κ3) is 5.02. The number of carbonyl (C=O) groups is 1. The van der Waals surface area contributed by atoms with E-state index in [1.54, 1.807) is 11.8 Å². The van der Waals surface area contributed by atoms with Gasteiger partial charge in [-0.3, -0.25) is 4.79 Å². The molecular weight excluding hydrogens is 382 g/mol. The first kappa shape index (κ1) is 19.6. The molecule has 1 aliphatic heterocycles. The summed E-state index contributed by atoms with van der Waals surface area (Å²) >= 11 is 1.64. The number of nitrogens with zero attached hydrogens (tertiary/aromatic N) is 3. The van der Waals surface area contributed by atoms with Gasteiger partial charge in [-0.25, -0.2) is 0 Å². The van der Waals surface area contributed by atoms with Gasteiger partial charge in [-0.05, 0) is 36.8 Å². The Morgan fingerprint density at radius 2 is 1.69 bits per heavy atom. The normalized spacial score (nSPS) is 14.0. The van der Waals surface area contributed by atoms with Crippen LogP contribution in [0.3, 0.4) is 0 Å². The van der Waals surface area contributed by atoms with E-state index in [1.165, 1.54) is 5.56 Å². The summed E-state index contributed by atoms with van der Waals surface area (Å²) in [4.78, 5) is 14.4. The van der Waals surface area contributed by atoms with E-state index in [0.29, 0.717) is 26.3 Å². The Balaban J connectivity index is 1.34. The molecule has 6 heteroatoms. The molecule has 0 radical (unpaired) electrons. The molecule has 1 fully saturated rings. The van der Waals surface area contributed by atoms with Crippen LogP contribution >= 0.6 is 11.8 Å². The lowest BCUT2D eigenvalue weighted by Crippen LogP contribution is -2.40. The maximum Gasteiger partial charge on any atom is 0.254 e. The molecule has 2 aromatic carbocycles. The van der Waals surface area contributed by atoms with E-state index in [1.807, 2.05) is 41.3 Å². The van der Waals surface area contributed by atoms with E-state index in [-0.39, 0.29) is 5.91 Å². The van der Waals surface area contributed by atoms with Crippen LogP contribution in [0.5, 0.6) is 0 Å². The second kappa shape index (κ2) is 9.20. The van der Waals surface area contributed by atoms with Crippen LogP contribution in [0.15, 0.2) is 65.7 Å². The number of ether oxygens (including phenoxy) is 1. The maximum absolute atomic E-state index is 12.5. The Hall–Kier alpha value is -2.70. The highest BCUT2D eigenvalue weighted by atomic mass is 32.2. The number of hydrogen-bond acceptors (Lipinski definition) is 5. The first-order valence-electron chi connectivity index (χ1n) is 9.68. The number of benzene rings is 2. The Labute approximate surface area is 175 Å². The summed E-state index contributed by atoms with van der Waals surface area (Å²) in [5, 5.41) is 9.57. The first-order valence-corrected chi connectivity index (χ1v) is 10.7. The van der Waals surface area contributed by atoms with Gasteiger partial charge in [0.15, 0.2) is 0 Å². The Morgan fingerprint density at radius 3 is 2.34 bits per heavy atom. The number of morpholine rings is 1. The fourth-order valence-corrected chi connectivity index (χ4v) is 3.89. The molecule has 1 aliphatic rings. The smallest absolute Gasteiger partial charge is 0.254 e. The zero-order valence-corrected chi connectivity index (χ0v) is 17.2. The van der Waals surface area contributed by atoms with Gasteiger partial charge in [0.1, 0.15) is 5.03 Å². The van der Waals surface area contributed by atoms with Crippen molar-refractivity contribution in [3.05, 3.63) is 77.4 Å². The van der Waals surface area contributed by atoms with E-state index in [2.05, 4.69) is 41.4 Å². The first-order chi connectivity index (χ1) is 14.2. The van der Waals surface area contributed by atoms with Gasteiger partial charge in [0.2, 0.25) is 0 Å². The Kier molecular flexibility index (Phi) is 6.22. The minimum absolute atomic E-state index is 0.0741. The molecule has 0 atom stereocenters. The maximum atomic E-state index is 12.5. The van der Waals surface area contributed by atoms with Crippen molar-refractivity contribution < 1.29 is 9.53 Å². The van der Waals surface area contributed by atoms with Crippen LogP contribution in [-0.2, 0) is 10.5 Å². The van der Waals surface area contributed by atoms with Crippen molar-refractivity contribution in [3.8, 4) is 11.3 Å². The molecule has 0 unspecified atom stereocenters. The quantitative estimate of drug-likeness (QED) is 0.595. The van der Waals surface area contributed by atoms with Gasteiger partial charge in [0, 0.05) is 30.0 Å². The van der Waals surface area contributed by atoms with Crippen LogP contribution in [0.25, 0.3) is 11.3 Å². The average molecular weight is 406 g/mol. The van der Waals surface area contributed by atoms with Crippen LogP contribution in [-0.4, -0.2) is 47.3 Å². The fraction of sp³-hybridized carbons (Fsp3) is 0.261. The summed E-state index contributed by atoms with van der Waals surface area (Å²) in [5.41, 5.74) is 5.05. The average Bonchev–Trinajstić information content (AvgIpc) is 2.79. The number of amides is 1. The molecular formula is C23H23N3O2S. The lowest BCUT2D eigenvalue weighted by molar-refractivity contribution is 0.0303. The van der Waals surface area contributed by atoms with Gasteiger partial charge in [-0.15, -0.1) is 10.2 Å². The molecule has 0 aliphatic carbocycles. The van der Waals surface area contributed by atoms with Crippen molar-refractivity contribution in [2.45, 2.75) is 17.7 Å². The minimum Gasteiger partial charge on any atom is -0.378 e. The van der Waals surface area contributed by atoms with Crippen LogP contribution < -0.4 is 0 Å². The molecule has 1 saturated heterocycles. The van der Waals surface area contributed by atoms with Gasteiger partial charge in [0.25, 0.3) is 5.91 Å². The highest BCUT2D eigenvalue weighted by Crippen LogP contribution is 2.23. The molecule has 0 bridgehead atoms. The fourth-order valence-electron chi connectivity index (χ4n) is 3.13. The molecule has 2 heterocycles. The second-order valence-corrected chi connectivity index (χ2v) is 8.01. The predicted octanol–water partition coefficient (Wildman–Crippen LogP) is 4.22. The van der Waals surface area contributed by atoms with Gasteiger partial charge in [0.05, 0.1) is 18.9 Å². The van der Waals surface area contributed by atoms with Crippen molar-refractivity contribution in [1.82, 2.24) is 15.1 Å². The molecule has 1 amide bonds. The molecule has 0 spiro atoms. The van der Waals surface area contributed by atoms with Gasteiger partial charge in [-0.1, -0.05) is 53.7 Å². The number of thioether (sulfide) groups is 1. The zero-order valence-electron chi connectivity index (χ0n) is 16.4. The summed E-state index contributed by atoms with van der Waals surface area (Å²) in [6.07, 6.45) is 0. The molecule has 4 rings (SSSR count). The molecule has 0 saturated carbocycles. The Bertz CT molecular complexity index is 951. The predicted molar refractivity (Wildman–Crippen MR) is 115 cm³/mol. The van der Waals surface area contributed by atoms with Crippen molar-refractivity contribution in [2.24, 2.45) is 0 Å². The van der Waals surface area contributed by atoms with Crippen molar-refractivity contribution in [1.29, 1.82) is 0 Å². The number of carbonyl (C=O) groups excluding carboxylic acids is 1. The molecule has 5 nitrogen and oxygen atoms in total. The topological polar surface area (TPSA) is 55.3 Å². The summed E-state index contributed by atoms with van der Waals surface area (Å²) in [7, 11) is 0. The third-order valence-corrected chi connectivity index (χ3v) is 5.86. The highest BCUT2D eigenvalue weighted by molar-refractivity contribution is 7.98. The van der Waals surface area contributed by atoms with Crippen LogP contribution in [0.2, 0.25) is 0 Å². The van der Waals surface area contributed by atoms with E-state index in [9.17, 15) is 4.79 Å². The minimum atomic E-state index is 0.0741. The van der Waals surface area contributed by atoms with Gasteiger partial charge < -0.3 is 9.64 Å².